The molecule has 126 valence electrons. The lowest BCUT2D eigenvalue weighted by Gasteiger charge is -2.11. The summed E-state index contributed by atoms with van der Waals surface area (Å²) < 4.78 is 50.1. The fraction of sp³-hybridized carbons (Fsp3) is 0.188. The van der Waals surface area contributed by atoms with Gasteiger partial charge in [0.1, 0.15) is 5.69 Å². The minimum atomic E-state index is -3.81. The van der Waals surface area contributed by atoms with Crippen molar-refractivity contribution in [2.24, 2.45) is 5.14 Å². The second-order valence-electron chi connectivity index (χ2n) is 5.35. The number of primary sulfonamides is 1. The van der Waals surface area contributed by atoms with Crippen LogP contribution in [0.3, 0.4) is 0 Å². The van der Waals surface area contributed by atoms with Gasteiger partial charge in [-0.05, 0) is 48.7 Å². The molecule has 24 heavy (non-hydrogen) atoms. The number of hydrogen-bond donors (Lipinski definition) is 1. The third-order valence-corrected chi connectivity index (χ3v) is 4.58. The van der Waals surface area contributed by atoms with Crippen LogP contribution in [0.25, 0.3) is 11.3 Å². The molecule has 2 N–H and O–H groups in total. The molecule has 1 heterocycles. The summed E-state index contributed by atoms with van der Waals surface area (Å²) in [5, 5.41) is 9.03. The highest BCUT2D eigenvalue weighted by molar-refractivity contribution is 7.89. The fourth-order valence-corrected chi connectivity index (χ4v) is 3.00. The van der Waals surface area contributed by atoms with E-state index in [9.17, 15) is 17.2 Å². The van der Waals surface area contributed by atoms with E-state index < -0.39 is 16.4 Å². The first kappa shape index (κ1) is 16.5. The van der Waals surface area contributed by atoms with Crippen LogP contribution in [0.2, 0.25) is 0 Å². The quantitative estimate of drug-likeness (QED) is 0.919. The van der Waals surface area contributed by atoms with E-state index >= 15 is 0 Å². The third-order valence-electron chi connectivity index (χ3n) is 3.65. The third kappa shape index (κ3) is 3.29. The molecule has 3 rings (SSSR count). The van der Waals surface area contributed by atoms with Crippen molar-refractivity contribution < 1.29 is 17.2 Å². The number of benzene rings is 1. The van der Waals surface area contributed by atoms with Gasteiger partial charge < -0.3 is 0 Å². The van der Waals surface area contributed by atoms with Crippen LogP contribution >= 0.6 is 0 Å². The van der Waals surface area contributed by atoms with Gasteiger partial charge in [-0.3, -0.25) is 0 Å². The summed E-state index contributed by atoms with van der Waals surface area (Å²) in [7, 11) is -3.81. The molecule has 8 heteroatoms. The number of nitrogens with zero attached hydrogens (tertiary/aromatic N) is 2. The standard InChI is InChI=1S/C16H15F2N3O2S/c17-16(18)14-10-15(11-4-2-1-3-5-11)21(20-14)12-6-8-13(9-7-12)24(19,22)23/h2,4-10,16H,1,3H2,(H2,19,22,23). The van der Waals surface area contributed by atoms with Crippen LogP contribution in [-0.2, 0) is 10.0 Å². The zero-order valence-corrected chi connectivity index (χ0v) is 13.4. The van der Waals surface area contributed by atoms with Crippen molar-refractivity contribution in [2.75, 3.05) is 0 Å². The minimum Gasteiger partial charge on any atom is -0.233 e. The molecule has 1 aromatic heterocycles. The lowest BCUT2D eigenvalue weighted by atomic mass is 10.0. The Balaban J connectivity index is 2.09. The Kier molecular flexibility index (Phi) is 4.33. The highest BCUT2D eigenvalue weighted by atomic mass is 32.2. The van der Waals surface area contributed by atoms with Crippen molar-refractivity contribution in [1.29, 1.82) is 0 Å². The minimum absolute atomic E-state index is 0.0502. The molecular formula is C16H15F2N3O2S. The predicted octanol–water partition coefficient (Wildman–Crippen LogP) is 3.19. The normalized spacial score (nSPS) is 14.9. The maximum absolute atomic E-state index is 13.1. The monoisotopic (exact) mass is 351 g/mol. The summed E-state index contributed by atoms with van der Waals surface area (Å²) in [6, 6.07) is 6.96. The van der Waals surface area contributed by atoms with E-state index in [2.05, 4.69) is 5.10 Å². The van der Waals surface area contributed by atoms with Gasteiger partial charge in [0.15, 0.2) is 0 Å². The molecule has 0 amide bonds. The molecule has 0 spiro atoms. The van der Waals surface area contributed by atoms with Gasteiger partial charge in [0.2, 0.25) is 10.0 Å². The Labute approximate surface area is 138 Å². The Morgan fingerprint density at radius 2 is 1.88 bits per heavy atom. The van der Waals surface area contributed by atoms with E-state index in [1.54, 1.807) is 0 Å². The fourth-order valence-electron chi connectivity index (χ4n) is 2.49. The number of nitrogens with two attached hydrogens (primary N) is 1. The van der Waals surface area contributed by atoms with Crippen LogP contribution in [-0.4, -0.2) is 18.2 Å². The van der Waals surface area contributed by atoms with Gasteiger partial charge in [-0.25, -0.2) is 27.0 Å². The van der Waals surface area contributed by atoms with Gasteiger partial charge >= 0.3 is 0 Å². The van der Waals surface area contributed by atoms with Crippen LogP contribution in [0.4, 0.5) is 8.78 Å². The van der Waals surface area contributed by atoms with Gasteiger partial charge in [-0.2, -0.15) is 5.10 Å². The molecule has 0 fully saturated rings. The van der Waals surface area contributed by atoms with E-state index in [4.69, 9.17) is 5.14 Å². The largest absolute Gasteiger partial charge is 0.282 e. The number of alkyl halides is 2. The summed E-state index contributed by atoms with van der Waals surface area (Å²) in [4.78, 5) is -0.0502. The second-order valence-corrected chi connectivity index (χ2v) is 6.91. The van der Waals surface area contributed by atoms with Crippen molar-refractivity contribution >= 4 is 15.6 Å². The lowest BCUT2D eigenvalue weighted by molar-refractivity contribution is 0.145. The molecule has 0 bridgehead atoms. The number of halogens is 2. The van der Waals surface area contributed by atoms with Gasteiger partial charge in [0.25, 0.3) is 6.43 Å². The zero-order valence-electron chi connectivity index (χ0n) is 12.6. The maximum Gasteiger partial charge on any atom is 0.282 e. The Morgan fingerprint density at radius 3 is 2.42 bits per heavy atom. The lowest BCUT2D eigenvalue weighted by Crippen LogP contribution is -2.12. The van der Waals surface area contributed by atoms with Crippen molar-refractivity contribution in [3.05, 3.63) is 59.9 Å². The molecule has 1 aliphatic carbocycles. The average molecular weight is 351 g/mol. The molecule has 5 nitrogen and oxygen atoms in total. The summed E-state index contributed by atoms with van der Waals surface area (Å²) in [6.45, 7) is 0. The number of aromatic nitrogens is 2. The molecule has 1 aliphatic rings. The highest BCUT2D eigenvalue weighted by Gasteiger charge is 2.19. The molecule has 2 aromatic rings. The first-order chi connectivity index (χ1) is 11.4. The SMILES string of the molecule is NS(=O)(=O)c1ccc(-n2nc(C(F)F)cc2C2=CCCC=C2)cc1. The van der Waals surface area contributed by atoms with E-state index in [-0.39, 0.29) is 10.6 Å². The molecule has 1 aromatic carbocycles. The topological polar surface area (TPSA) is 78.0 Å². The summed E-state index contributed by atoms with van der Waals surface area (Å²) in [6.07, 6.45) is 4.83. The van der Waals surface area contributed by atoms with Crippen LogP contribution in [0, 0.1) is 0 Å². The molecule has 0 aliphatic heterocycles. The van der Waals surface area contributed by atoms with Crippen LogP contribution in [0.5, 0.6) is 0 Å². The second kappa shape index (κ2) is 6.29. The van der Waals surface area contributed by atoms with Crippen LogP contribution in [0.15, 0.2) is 53.5 Å². The Morgan fingerprint density at radius 1 is 1.17 bits per heavy atom. The molecule has 0 atom stereocenters. The van der Waals surface area contributed by atoms with Gasteiger partial charge in [0, 0.05) is 0 Å². The maximum atomic E-state index is 13.1. The van der Waals surface area contributed by atoms with Crippen LogP contribution in [0.1, 0.15) is 30.7 Å². The predicted molar refractivity (Wildman–Crippen MR) is 86.2 cm³/mol. The molecule has 0 radical (unpaired) electrons. The van der Waals surface area contributed by atoms with E-state index in [1.807, 2.05) is 18.2 Å². The van der Waals surface area contributed by atoms with Crippen molar-refractivity contribution in [3.63, 3.8) is 0 Å². The summed E-state index contributed by atoms with van der Waals surface area (Å²) in [5.74, 6) is 0. The van der Waals surface area contributed by atoms with Gasteiger partial charge in [-0.1, -0.05) is 18.2 Å². The molecular weight excluding hydrogens is 336 g/mol. The van der Waals surface area contributed by atoms with Crippen molar-refractivity contribution in [3.8, 4) is 5.69 Å². The summed E-state index contributed by atoms with van der Waals surface area (Å²) >= 11 is 0. The van der Waals surface area contributed by atoms with E-state index in [0.717, 1.165) is 18.4 Å². The van der Waals surface area contributed by atoms with E-state index in [0.29, 0.717) is 11.4 Å². The number of allylic oxidation sites excluding steroid dienone is 4. The number of hydrogen-bond acceptors (Lipinski definition) is 3. The molecule has 0 saturated heterocycles. The summed E-state index contributed by atoms with van der Waals surface area (Å²) in [5.41, 5.74) is 1.48. The highest BCUT2D eigenvalue weighted by Crippen LogP contribution is 2.28. The smallest absolute Gasteiger partial charge is 0.233 e. The average Bonchev–Trinajstić information content (AvgIpc) is 3.00. The first-order valence-corrected chi connectivity index (χ1v) is 8.79. The molecule has 0 unspecified atom stereocenters. The van der Waals surface area contributed by atoms with Crippen molar-refractivity contribution in [1.82, 2.24) is 9.78 Å². The van der Waals surface area contributed by atoms with Gasteiger partial charge in [0.05, 0.1) is 16.3 Å². The number of sulfonamides is 1. The first-order valence-electron chi connectivity index (χ1n) is 7.24. The van der Waals surface area contributed by atoms with Gasteiger partial charge in [-0.15, -0.1) is 0 Å². The molecule has 0 saturated carbocycles. The van der Waals surface area contributed by atoms with Crippen molar-refractivity contribution in [2.45, 2.75) is 24.2 Å². The van der Waals surface area contributed by atoms with E-state index in [1.165, 1.54) is 35.0 Å². The zero-order chi connectivity index (χ0) is 17.3. The Bertz CT molecular complexity index is 913. The Hall–Kier alpha value is -2.32. The van der Waals surface area contributed by atoms with Crippen LogP contribution < -0.4 is 5.14 Å². The number of rotatable bonds is 4.